The molecular formula is C26H21ClF8N8O2. The molecule has 45 heavy (non-hydrogen) atoms. The Labute approximate surface area is 252 Å². The second-order valence-corrected chi connectivity index (χ2v) is 10.7. The average molecular weight is 665 g/mol. The van der Waals surface area contributed by atoms with Gasteiger partial charge in [-0.1, -0.05) is 17.7 Å². The molecule has 0 spiro atoms. The molecule has 0 bridgehead atoms. The van der Waals surface area contributed by atoms with Gasteiger partial charge in [0.2, 0.25) is 5.91 Å². The Morgan fingerprint density at radius 1 is 1.07 bits per heavy atom. The fourth-order valence-electron chi connectivity index (χ4n) is 4.79. The lowest BCUT2D eigenvalue weighted by atomic mass is 9.77. The molecule has 3 N–H and O–H groups in total. The van der Waals surface area contributed by atoms with E-state index < -0.39 is 48.9 Å². The fraction of sp³-hybridized carbons (Fsp3) is 0.385. The van der Waals surface area contributed by atoms with Crippen LogP contribution in [0.3, 0.4) is 0 Å². The summed E-state index contributed by atoms with van der Waals surface area (Å²) in [7, 11) is 0. The number of aryl methyl sites for hydroxylation is 1. The predicted octanol–water partition coefficient (Wildman–Crippen LogP) is 6.08. The Balaban J connectivity index is 1.60. The summed E-state index contributed by atoms with van der Waals surface area (Å²) in [6.45, 7) is 1.21. The summed E-state index contributed by atoms with van der Waals surface area (Å²) in [6.07, 6.45) is -12.0. The largest absolute Gasteiger partial charge is 0.506 e. The number of halogens is 9. The summed E-state index contributed by atoms with van der Waals surface area (Å²) in [6, 6.07) is 4.04. The highest BCUT2D eigenvalue weighted by molar-refractivity contribution is 6.32. The Morgan fingerprint density at radius 3 is 2.47 bits per heavy atom. The molecule has 0 unspecified atom stereocenters. The highest BCUT2D eigenvalue weighted by Crippen LogP contribution is 2.47. The maximum Gasteiger partial charge on any atom is 0.453 e. The third kappa shape index (κ3) is 6.14. The van der Waals surface area contributed by atoms with Crippen LogP contribution in [-0.4, -0.2) is 65.4 Å². The number of nitrogens with zero attached hydrogens (tertiary/aromatic N) is 6. The molecule has 1 amide bonds. The zero-order chi connectivity index (χ0) is 32.9. The van der Waals surface area contributed by atoms with E-state index in [1.54, 1.807) is 0 Å². The molecule has 5 rings (SSSR count). The molecule has 0 saturated carbocycles. The van der Waals surface area contributed by atoms with Gasteiger partial charge in [-0.05, 0) is 37.5 Å². The zero-order valence-electron chi connectivity index (χ0n) is 22.9. The minimum absolute atomic E-state index is 0.00328. The topological polar surface area (TPSA) is 130 Å². The van der Waals surface area contributed by atoms with Crippen molar-refractivity contribution in [2.45, 2.75) is 56.3 Å². The van der Waals surface area contributed by atoms with E-state index >= 15 is 0 Å². The van der Waals surface area contributed by atoms with Crippen LogP contribution in [0.2, 0.25) is 5.02 Å². The summed E-state index contributed by atoms with van der Waals surface area (Å²) in [5.41, 5.74) is -1.80. The van der Waals surface area contributed by atoms with E-state index in [9.17, 15) is 45.0 Å². The molecule has 1 aliphatic heterocycles. The van der Waals surface area contributed by atoms with E-state index in [1.165, 1.54) is 31.3 Å². The van der Waals surface area contributed by atoms with Crippen molar-refractivity contribution in [3.05, 3.63) is 52.6 Å². The molecule has 0 aliphatic carbocycles. The summed E-state index contributed by atoms with van der Waals surface area (Å²) in [4.78, 5) is 30.2. The number of nitrogens with one attached hydrogen (secondary N) is 2. The van der Waals surface area contributed by atoms with Crippen molar-refractivity contribution < 1.29 is 45.0 Å². The van der Waals surface area contributed by atoms with Crippen LogP contribution < -0.4 is 10.6 Å². The third-order valence-corrected chi connectivity index (χ3v) is 7.52. The minimum Gasteiger partial charge on any atom is -0.506 e. The monoisotopic (exact) mass is 664 g/mol. The van der Waals surface area contributed by atoms with E-state index in [-0.39, 0.29) is 69.4 Å². The first kappa shape index (κ1) is 32.1. The van der Waals surface area contributed by atoms with Gasteiger partial charge in [0.15, 0.2) is 11.5 Å². The first-order valence-electron chi connectivity index (χ1n) is 13.1. The SMILES string of the molecule is C[C@@]1(c2ccc(Cl)c(O)c2)C(=O)Nc2nc(-c3cn4ncnc4c(CCC(F)(F)C(F)(F)F)n3)nc(NCCCC(F)(F)F)c21. The second kappa shape index (κ2) is 11.2. The zero-order valence-corrected chi connectivity index (χ0v) is 23.6. The van der Waals surface area contributed by atoms with Gasteiger partial charge < -0.3 is 15.7 Å². The smallest absolute Gasteiger partial charge is 0.453 e. The van der Waals surface area contributed by atoms with Gasteiger partial charge in [0.05, 0.1) is 22.5 Å². The van der Waals surface area contributed by atoms with Crippen LogP contribution in [-0.2, 0) is 16.6 Å². The lowest BCUT2D eigenvalue weighted by Crippen LogP contribution is -2.36. The molecule has 240 valence electrons. The number of anilines is 2. The number of amides is 1. The van der Waals surface area contributed by atoms with E-state index in [0.29, 0.717) is 0 Å². The number of phenols is 1. The van der Waals surface area contributed by atoms with Gasteiger partial charge in [-0.15, -0.1) is 0 Å². The van der Waals surface area contributed by atoms with Gasteiger partial charge in [0, 0.05) is 19.4 Å². The molecule has 0 radical (unpaired) electrons. The van der Waals surface area contributed by atoms with Crippen molar-refractivity contribution >= 4 is 34.8 Å². The normalized spacial score (nSPS) is 17.1. The molecule has 1 aliphatic rings. The van der Waals surface area contributed by atoms with Crippen LogP contribution >= 0.6 is 11.6 Å². The number of aromatic nitrogens is 6. The minimum atomic E-state index is -5.80. The molecular weight excluding hydrogens is 644 g/mol. The number of carbonyl (C=O) groups excluding carboxylic acids is 1. The van der Waals surface area contributed by atoms with Crippen LogP contribution in [0, 0.1) is 0 Å². The predicted molar refractivity (Wildman–Crippen MR) is 143 cm³/mol. The summed E-state index contributed by atoms with van der Waals surface area (Å²) >= 11 is 5.93. The summed E-state index contributed by atoms with van der Waals surface area (Å²) in [5.74, 6) is -6.47. The number of benzene rings is 1. The van der Waals surface area contributed by atoms with Gasteiger partial charge in [-0.25, -0.2) is 24.5 Å². The quantitative estimate of drug-likeness (QED) is 0.145. The van der Waals surface area contributed by atoms with Gasteiger partial charge in [0.1, 0.15) is 34.8 Å². The van der Waals surface area contributed by atoms with Crippen LogP contribution in [0.5, 0.6) is 5.75 Å². The number of fused-ring (bicyclic) bond motifs is 2. The molecule has 1 aromatic carbocycles. The molecule has 4 aromatic rings. The van der Waals surface area contributed by atoms with Crippen molar-refractivity contribution in [1.29, 1.82) is 0 Å². The van der Waals surface area contributed by atoms with Crippen molar-refractivity contribution in [1.82, 2.24) is 29.5 Å². The highest BCUT2D eigenvalue weighted by Gasteiger charge is 2.56. The second-order valence-electron chi connectivity index (χ2n) is 10.3. The van der Waals surface area contributed by atoms with E-state index in [2.05, 4.69) is 35.7 Å². The highest BCUT2D eigenvalue weighted by atomic mass is 35.5. The first-order chi connectivity index (χ1) is 20.9. The maximum absolute atomic E-state index is 13.7. The fourth-order valence-corrected chi connectivity index (χ4v) is 4.91. The van der Waals surface area contributed by atoms with Gasteiger partial charge in [-0.3, -0.25) is 4.79 Å². The number of phenolic OH excluding ortho intramolecular Hbond substituents is 1. The molecule has 10 nitrogen and oxygen atoms in total. The molecule has 19 heteroatoms. The first-order valence-corrected chi connectivity index (χ1v) is 13.5. The number of alkyl halides is 8. The van der Waals surface area contributed by atoms with Gasteiger partial charge in [-0.2, -0.15) is 40.2 Å². The van der Waals surface area contributed by atoms with Crippen LogP contribution in [0.25, 0.3) is 17.2 Å². The lowest BCUT2D eigenvalue weighted by Gasteiger charge is -2.25. The molecule has 4 heterocycles. The Hall–Kier alpha value is -4.35. The van der Waals surface area contributed by atoms with Crippen LogP contribution in [0.15, 0.2) is 30.7 Å². The Bertz CT molecular complexity index is 1780. The standard InChI is InChI=1S/C26H21ClF8N8O2/c1-23(12-3-4-13(27)16(44)9-12)17-19(36-8-2-6-25(30,31)32)40-18(41-20(17)42-22(23)45)15-10-43-21(37-11-38-43)14(39-15)5-7-24(28,29)26(33,34)35/h3-4,9-11,44H,2,5-8H2,1H3,(H2,36,40,41,42,45)/t23-/m0/s1. The Kier molecular flexibility index (Phi) is 7.99. The van der Waals surface area contributed by atoms with Crippen molar-refractivity contribution in [3.8, 4) is 17.3 Å². The number of carbonyl (C=O) groups is 1. The van der Waals surface area contributed by atoms with Crippen molar-refractivity contribution in [2.75, 3.05) is 17.2 Å². The van der Waals surface area contributed by atoms with Crippen molar-refractivity contribution in [3.63, 3.8) is 0 Å². The number of aromatic hydroxyl groups is 1. The lowest BCUT2D eigenvalue weighted by molar-refractivity contribution is -0.284. The van der Waals surface area contributed by atoms with E-state index in [1.807, 2.05) is 0 Å². The molecule has 1 atom stereocenters. The van der Waals surface area contributed by atoms with E-state index in [0.717, 1.165) is 10.8 Å². The number of hydrogen-bond acceptors (Lipinski definition) is 8. The summed E-state index contributed by atoms with van der Waals surface area (Å²) < 4.78 is 105. The average Bonchev–Trinajstić information content (AvgIpc) is 3.52. The van der Waals surface area contributed by atoms with Gasteiger partial charge in [0.25, 0.3) is 0 Å². The van der Waals surface area contributed by atoms with Crippen LogP contribution in [0.1, 0.15) is 43.0 Å². The Morgan fingerprint density at radius 2 is 1.80 bits per heavy atom. The van der Waals surface area contributed by atoms with Gasteiger partial charge >= 0.3 is 18.3 Å². The maximum atomic E-state index is 13.7. The number of rotatable bonds is 9. The molecule has 0 fully saturated rings. The van der Waals surface area contributed by atoms with Crippen LogP contribution in [0.4, 0.5) is 46.8 Å². The van der Waals surface area contributed by atoms with Crippen molar-refractivity contribution in [2.24, 2.45) is 0 Å². The summed E-state index contributed by atoms with van der Waals surface area (Å²) in [5, 5.41) is 19.5. The molecule has 0 saturated heterocycles. The number of hydrogen-bond donors (Lipinski definition) is 3. The van der Waals surface area contributed by atoms with E-state index in [4.69, 9.17) is 11.6 Å². The third-order valence-electron chi connectivity index (χ3n) is 7.20. The molecule has 3 aromatic heterocycles.